The zero-order valence-corrected chi connectivity index (χ0v) is 16.7. The third kappa shape index (κ3) is 4.65. The Labute approximate surface area is 162 Å². The summed E-state index contributed by atoms with van der Waals surface area (Å²) in [7, 11) is -2.47. The van der Waals surface area contributed by atoms with Crippen molar-refractivity contribution in [1.82, 2.24) is 4.72 Å². The Bertz CT molecular complexity index is 1020. The van der Waals surface area contributed by atoms with Gasteiger partial charge < -0.3 is 10.1 Å². The maximum absolute atomic E-state index is 12.5. The second-order valence-electron chi connectivity index (χ2n) is 6.17. The van der Waals surface area contributed by atoms with Crippen molar-refractivity contribution in [3.8, 4) is 5.75 Å². The van der Waals surface area contributed by atoms with Gasteiger partial charge in [-0.2, -0.15) is 4.72 Å². The van der Waals surface area contributed by atoms with Crippen LogP contribution in [0.15, 0.2) is 41.3 Å². The van der Waals surface area contributed by atoms with Crippen molar-refractivity contribution in [2.24, 2.45) is 0 Å². The molecule has 1 atom stereocenters. The number of carbonyl (C=O) groups is 1. The van der Waals surface area contributed by atoms with Crippen LogP contribution in [0.2, 0.25) is 0 Å². The van der Waals surface area contributed by atoms with Crippen molar-refractivity contribution in [3.63, 3.8) is 0 Å². The molecule has 0 saturated heterocycles. The second kappa shape index (κ2) is 8.36. The normalized spacial score (nSPS) is 12.3. The van der Waals surface area contributed by atoms with E-state index >= 15 is 0 Å². The number of sulfonamides is 1. The molecule has 0 radical (unpaired) electrons. The number of ether oxygens (including phenoxy) is 1. The van der Waals surface area contributed by atoms with Crippen molar-refractivity contribution in [2.75, 3.05) is 12.4 Å². The topological polar surface area (TPSA) is 128 Å². The first-order chi connectivity index (χ1) is 13.1. The number of nitro groups is 1. The predicted octanol–water partition coefficient (Wildman–Crippen LogP) is 2.53. The number of aryl methyl sites for hydroxylation is 1. The molecule has 0 aliphatic carbocycles. The lowest BCUT2D eigenvalue weighted by Crippen LogP contribution is -2.41. The van der Waals surface area contributed by atoms with Crippen molar-refractivity contribution in [3.05, 3.63) is 57.6 Å². The van der Waals surface area contributed by atoms with E-state index in [0.29, 0.717) is 11.3 Å². The fraction of sp³-hybridized carbons (Fsp3) is 0.278. The minimum Gasteiger partial charge on any atom is -0.496 e. The molecule has 0 unspecified atom stereocenters. The van der Waals surface area contributed by atoms with Gasteiger partial charge in [0, 0.05) is 6.07 Å². The largest absolute Gasteiger partial charge is 0.496 e. The molecule has 10 heteroatoms. The highest BCUT2D eigenvalue weighted by molar-refractivity contribution is 7.89. The predicted molar refractivity (Wildman–Crippen MR) is 104 cm³/mol. The van der Waals surface area contributed by atoms with Crippen molar-refractivity contribution < 1.29 is 22.9 Å². The summed E-state index contributed by atoms with van der Waals surface area (Å²) in [5.74, 6) is -0.0942. The van der Waals surface area contributed by atoms with Crippen LogP contribution >= 0.6 is 0 Å². The van der Waals surface area contributed by atoms with Gasteiger partial charge in [0.25, 0.3) is 5.69 Å². The van der Waals surface area contributed by atoms with Crippen LogP contribution in [0.1, 0.15) is 18.1 Å². The van der Waals surface area contributed by atoms with Gasteiger partial charge in [-0.25, -0.2) is 8.42 Å². The molecule has 28 heavy (non-hydrogen) atoms. The number of rotatable bonds is 7. The average molecular weight is 407 g/mol. The monoisotopic (exact) mass is 407 g/mol. The molecule has 0 aromatic heterocycles. The summed E-state index contributed by atoms with van der Waals surface area (Å²) < 4.78 is 32.5. The van der Waals surface area contributed by atoms with E-state index < -0.39 is 26.9 Å². The number of nitro benzene ring substituents is 1. The number of methoxy groups -OCH3 is 1. The fourth-order valence-electron chi connectivity index (χ4n) is 2.57. The number of hydrogen-bond donors (Lipinski definition) is 2. The number of anilines is 1. The lowest BCUT2D eigenvalue weighted by Gasteiger charge is -2.16. The summed E-state index contributed by atoms with van der Waals surface area (Å²) in [6.07, 6.45) is 0. The van der Waals surface area contributed by atoms with Gasteiger partial charge in [0.15, 0.2) is 0 Å². The third-order valence-electron chi connectivity index (χ3n) is 4.16. The maximum atomic E-state index is 12.5. The number of amides is 1. The molecule has 0 spiro atoms. The molecule has 0 aliphatic rings. The standard InChI is InChI=1S/C18H21N3O6S/c1-11-10-14(8-9-17(11)27-4)28(25,26)20-13(3)18(22)19-15-6-5-7-16(12(15)2)21(23)24/h5-10,13,20H,1-4H3,(H,19,22)/t13-/m1/s1. The van der Waals surface area contributed by atoms with Crippen LogP contribution in [0, 0.1) is 24.0 Å². The minimum atomic E-state index is -3.95. The summed E-state index contributed by atoms with van der Waals surface area (Å²) in [6.45, 7) is 4.59. The van der Waals surface area contributed by atoms with Gasteiger partial charge in [-0.1, -0.05) is 6.07 Å². The van der Waals surface area contributed by atoms with E-state index in [-0.39, 0.29) is 21.8 Å². The Balaban J connectivity index is 2.17. The summed E-state index contributed by atoms with van der Waals surface area (Å²) in [5, 5.41) is 13.5. The van der Waals surface area contributed by atoms with E-state index in [1.165, 1.54) is 57.4 Å². The van der Waals surface area contributed by atoms with Gasteiger partial charge in [0.2, 0.25) is 15.9 Å². The maximum Gasteiger partial charge on any atom is 0.274 e. The molecule has 0 bridgehead atoms. The summed E-state index contributed by atoms with van der Waals surface area (Å²) in [6, 6.07) is 7.51. The highest BCUT2D eigenvalue weighted by atomic mass is 32.2. The molecular weight excluding hydrogens is 386 g/mol. The SMILES string of the molecule is COc1ccc(S(=O)(=O)N[C@H](C)C(=O)Nc2cccc([N+](=O)[O-])c2C)cc1C. The van der Waals surface area contributed by atoms with Crippen LogP contribution in [0.5, 0.6) is 5.75 Å². The van der Waals surface area contributed by atoms with Gasteiger partial charge >= 0.3 is 0 Å². The van der Waals surface area contributed by atoms with Crippen LogP contribution in [0.25, 0.3) is 0 Å². The van der Waals surface area contributed by atoms with Crippen LogP contribution in [-0.2, 0) is 14.8 Å². The Morgan fingerprint density at radius 3 is 2.46 bits per heavy atom. The number of benzene rings is 2. The first kappa shape index (κ1) is 21.3. The lowest BCUT2D eigenvalue weighted by molar-refractivity contribution is -0.385. The van der Waals surface area contributed by atoms with Crippen LogP contribution in [0.3, 0.4) is 0 Å². The molecule has 9 nitrogen and oxygen atoms in total. The van der Waals surface area contributed by atoms with Gasteiger partial charge in [0.05, 0.1) is 34.2 Å². The first-order valence-corrected chi connectivity index (χ1v) is 9.77. The Hall–Kier alpha value is -2.98. The van der Waals surface area contributed by atoms with Crippen LogP contribution in [0.4, 0.5) is 11.4 Å². The summed E-state index contributed by atoms with van der Waals surface area (Å²) >= 11 is 0. The fourth-order valence-corrected chi connectivity index (χ4v) is 3.86. The first-order valence-electron chi connectivity index (χ1n) is 8.28. The van der Waals surface area contributed by atoms with E-state index in [1.54, 1.807) is 6.92 Å². The molecule has 0 heterocycles. The van der Waals surface area contributed by atoms with Gasteiger partial charge in [-0.15, -0.1) is 0 Å². The molecule has 0 aliphatic heterocycles. The van der Waals surface area contributed by atoms with Gasteiger partial charge in [0.1, 0.15) is 5.75 Å². The van der Waals surface area contributed by atoms with E-state index in [0.717, 1.165) is 0 Å². The number of nitrogens with zero attached hydrogens (tertiary/aromatic N) is 1. The molecular formula is C18H21N3O6S. The zero-order valence-electron chi connectivity index (χ0n) is 15.8. The Morgan fingerprint density at radius 1 is 1.21 bits per heavy atom. The van der Waals surface area contributed by atoms with Crippen LogP contribution in [-0.4, -0.2) is 32.4 Å². The van der Waals surface area contributed by atoms with Crippen LogP contribution < -0.4 is 14.8 Å². The van der Waals surface area contributed by atoms with Crippen molar-refractivity contribution >= 4 is 27.3 Å². The molecule has 0 saturated carbocycles. The van der Waals surface area contributed by atoms with E-state index in [2.05, 4.69) is 10.0 Å². The lowest BCUT2D eigenvalue weighted by atomic mass is 10.1. The third-order valence-corrected chi connectivity index (χ3v) is 5.70. The Kier molecular flexibility index (Phi) is 6.37. The molecule has 2 aromatic carbocycles. The van der Waals surface area contributed by atoms with E-state index in [1.807, 2.05) is 0 Å². The number of hydrogen-bond acceptors (Lipinski definition) is 6. The highest BCUT2D eigenvalue weighted by Crippen LogP contribution is 2.25. The second-order valence-corrected chi connectivity index (χ2v) is 7.88. The molecule has 2 aromatic rings. The summed E-state index contributed by atoms with van der Waals surface area (Å²) in [4.78, 5) is 22.8. The number of nitrogens with one attached hydrogen (secondary N) is 2. The van der Waals surface area contributed by atoms with E-state index in [4.69, 9.17) is 4.74 Å². The molecule has 0 fully saturated rings. The minimum absolute atomic E-state index is 0.00280. The van der Waals surface area contributed by atoms with Gasteiger partial charge in [-0.3, -0.25) is 14.9 Å². The highest BCUT2D eigenvalue weighted by Gasteiger charge is 2.24. The quantitative estimate of drug-likeness (QED) is 0.536. The summed E-state index contributed by atoms with van der Waals surface area (Å²) in [5.41, 5.74) is 1.02. The molecule has 150 valence electrons. The Morgan fingerprint density at radius 2 is 1.89 bits per heavy atom. The van der Waals surface area contributed by atoms with Crippen molar-refractivity contribution in [1.29, 1.82) is 0 Å². The molecule has 2 N–H and O–H groups in total. The zero-order chi connectivity index (χ0) is 21.1. The van der Waals surface area contributed by atoms with E-state index in [9.17, 15) is 23.3 Å². The smallest absolute Gasteiger partial charge is 0.274 e. The number of carbonyl (C=O) groups excluding carboxylic acids is 1. The van der Waals surface area contributed by atoms with Crippen molar-refractivity contribution in [2.45, 2.75) is 31.7 Å². The average Bonchev–Trinajstić information content (AvgIpc) is 2.62. The molecule has 2 rings (SSSR count). The molecule has 1 amide bonds. The van der Waals surface area contributed by atoms with Gasteiger partial charge in [-0.05, 0) is 50.6 Å².